The number of hydrogen-bond acceptors (Lipinski definition) is 0. The van der Waals surface area contributed by atoms with Crippen LogP contribution in [0.5, 0.6) is 0 Å². The van der Waals surface area contributed by atoms with Crippen molar-refractivity contribution < 1.29 is 4.80 Å². The fourth-order valence-corrected chi connectivity index (χ4v) is 1.58. The summed E-state index contributed by atoms with van der Waals surface area (Å²) < 4.78 is 0. The lowest BCUT2D eigenvalue weighted by molar-refractivity contribution is 0.449. The molecule has 0 aliphatic rings. The van der Waals surface area contributed by atoms with Crippen molar-refractivity contribution in [1.82, 2.24) is 0 Å². The van der Waals surface area contributed by atoms with Crippen molar-refractivity contribution in [3.05, 3.63) is 12.7 Å². The zero-order valence-corrected chi connectivity index (χ0v) is 7.25. The summed E-state index contributed by atoms with van der Waals surface area (Å²) in [5.74, 6) is 0. The Bertz CT molecular complexity index is 71.3. The van der Waals surface area contributed by atoms with Crippen LogP contribution in [0.3, 0.4) is 0 Å². The number of rotatable bonds is 5. The molecule has 0 aliphatic carbocycles. The highest BCUT2D eigenvalue weighted by Gasteiger charge is 1.98. The average molecular weight is 143 g/mol. The van der Waals surface area contributed by atoms with Crippen LogP contribution in [-0.4, -0.2) is 9.04 Å². The van der Waals surface area contributed by atoms with Gasteiger partial charge in [0, 0.05) is 0 Å². The summed E-state index contributed by atoms with van der Waals surface area (Å²) in [4.78, 5) is 10.6. The maximum atomic E-state index is 10.6. The Morgan fingerprint density at radius 3 is 2.67 bits per heavy atom. The van der Waals surface area contributed by atoms with E-state index < -0.39 is 9.04 Å². The van der Waals surface area contributed by atoms with Crippen molar-refractivity contribution in [2.75, 3.05) is 0 Å². The second kappa shape index (κ2) is 6.04. The highest BCUT2D eigenvalue weighted by Crippen LogP contribution is 2.02. The SMILES string of the molecule is C=CCCCC[SiH](C)[O]. The second-order valence-corrected chi connectivity index (χ2v) is 4.58. The third-order valence-corrected chi connectivity index (χ3v) is 2.49. The van der Waals surface area contributed by atoms with Crippen LogP contribution in [0, 0.1) is 0 Å². The minimum absolute atomic E-state index is 0.952. The maximum Gasteiger partial charge on any atom is 0.219 e. The molecule has 0 amide bonds. The molecule has 0 saturated carbocycles. The monoisotopic (exact) mass is 143 g/mol. The zero-order chi connectivity index (χ0) is 7.11. The minimum Gasteiger partial charge on any atom is -0.302 e. The van der Waals surface area contributed by atoms with Crippen molar-refractivity contribution in [3.8, 4) is 0 Å². The molecule has 0 fully saturated rings. The van der Waals surface area contributed by atoms with Crippen molar-refractivity contribution in [1.29, 1.82) is 0 Å². The molecule has 1 nitrogen and oxygen atoms in total. The molecule has 2 heteroatoms. The molecule has 9 heavy (non-hydrogen) atoms. The van der Waals surface area contributed by atoms with Gasteiger partial charge in [-0.05, 0) is 19.0 Å². The van der Waals surface area contributed by atoms with Crippen LogP contribution in [-0.2, 0) is 4.80 Å². The Morgan fingerprint density at radius 2 is 2.22 bits per heavy atom. The first-order chi connectivity index (χ1) is 4.27. The number of unbranched alkanes of at least 4 members (excludes halogenated alkanes) is 2. The second-order valence-electron chi connectivity index (χ2n) is 2.38. The molecular formula is C7H15OSi. The lowest BCUT2D eigenvalue weighted by atomic mass is 10.2. The summed E-state index contributed by atoms with van der Waals surface area (Å²) in [7, 11) is -1.50. The van der Waals surface area contributed by atoms with Crippen LogP contribution in [0.25, 0.3) is 0 Å². The summed E-state index contributed by atoms with van der Waals surface area (Å²) in [5, 5.41) is 0. The molecule has 0 aliphatic heterocycles. The van der Waals surface area contributed by atoms with Gasteiger partial charge in [-0.15, -0.1) is 6.58 Å². The number of hydrogen-bond donors (Lipinski definition) is 0. The van der Waals surface area contributed by atoms with Crippen molar-refractivity contribution in [2.24, 2.45) is 0 Å². The Hall–Kier alpha value is -0.0831. The smallest absolute Gasteiger partial charge is 0.219 e. The first-order valence-electron chi connectivity index (χ1n) is 3.54. The molecule has 1 radical (unpaired) electrons. The molecule has 1 unspecified atom stereocenters. The van der Waals surface area contributed by atoms with E-state index in [1.807, 2.05) is 12.6 Å². The molecule has 0 aromatic carbocycles. The summed E-state index contributed by atoms with van der Waals surface area (Å²) in [5.41, 5.74) is 0. The van der Waals surface area contributed by atoms with Gasteiger partial charge >= 0.3 is 0 Å². The molecule has 0 aromatic heterocycles. The normalized spacial score (nSPS) is 13.1. The topological polar surface area (TPSA) is 19.9 Å². The first-order valence-corrected chi connectivity index (χ1v) is 5.98. The van der Waals surface area contributed by atoms with Crippen LogP contribution < -0.4 is 0 Å². The van der Waals surface area contributed by atoms with E-state index in [1.165, 1.54) is 0 Å². The predicted octanol–water partition coefficient (Wildman–Crippen LogP) is 2.13. The van der Waals surface area contributed by atoms with Gasteiger partial charge in [-0.25, -0.2) is 0 Å². The van der Waals surface area contributed by atoms with Gasteiger partial charge in [0.2, 0.25) is 9.04 Å². The van der Waals surface area contributed by atoms with Crippen molar-refractivity contribution in [2.45, 2.75) is 31.9 Å². The van der Waals surface area contributed by atoms with Gasteiger partial charge < -0.3 is 4.80 Å². The lowest BCUT2D eigenvalue weighted by Gasteiger charge is -1.96. The predicted molar refractivity (Wildman–Crippen MR) is 42.6 cm³/mol. The van der Waals surface area contributed by atoms with E-state index in [0.29, 0.717) is 0 Å². The molecule has 0 heterocycles. The van der Waals surface area contributed by atoms with Gasteiger partial charge in [0.1, 0.15) is 0 Å². The van der Waals surface area contributed by atoms with Crippen LogP contribution in [0.15, 0.2) is 12.7 Å². The summed E-state index contributed by atoms with van der Waals surface area (Å²) >= 11 is 0. The molecule has 0 rings (SSSR count). The molecule has 0 aromatic rings. The van der Waals surface area contributed by atoms with E-state index in [4.69, 9.17) is 0 Å². The van der Waals surface area contributed by atoms with E-state index in [-0.39, 0.29) is 0 Å². The highest BCUT2D eigenvalue weighted by atomic mass is 28.3. The quantitative estimate of drug-likeness (QED) is 0.319. The van der Waals surface area contributed by atoms with Gasteiger partial charge in [-0.3, -0.25) is 0 Å². The molecular weight excluding hydrogens is 128 g/mol. The van der Waals surface area contributed by atoms with Gasteiger partial charge in [0.05, 0.1) is 0 Å². The molecule has 0 saturated heterocycles. The fourth-order valence-electron chi connectivity index (χ4n) is 0.720. The van der Waals surface area contributed by atoms with E-state index in [9.17, 15) is 4.80 Å². The summed E-state index contributed by atoms with van der Waals surface area (Å²) in [6, 6.07) is 0.952. The third-order valence-electron chi connectivity index (χ3n) is 1.27. The van der Waals surface area contributed by atoms with E-state index in [0.717, 1.165) is 25.3 Å². The van der Waals surface area contributed by atoms with E-state index in [2.05, 4.69) is 6.58 Å². The lowest BCUT2D eigenvalue weighted by Crippen LogP contribution is -2.00. The standard InChI is InChI=1S/C7H15OSi/c1-3-4-5-6-7-9(2)8/h3,9H,1,4-7H2,2H3. The molecule has 0 bridgehead atoms. The average Bonchev–Trinajstić information content (AvgIpc) is 1.80. The van der Waals surface area contributed by atoms with Crippen LogP contribution in [0.2, 0.25) is 12.6 Å². The molecule has 53 valence electrons. The van der Waals surface area contributed by atoms with E-state index >= 15 is 0 Å². The van der Waals surface area contributed by atoms with Gasteiger partial charge in [0.15, 0.2) is 0 Å². The van der Waals surface area contributed by atoms with Crippen molar-refractivity contribution >= 4 is 9.04 Å². The highest BCUT2D eigenvalue weighted by molar-refractivity contribution is 6.48. The van der Waals surface area contributed by atoms with E-state index in [1.54, 1.807) is 0 Å². The fraction of sp³-hybridized carbons (Fsp3) is 0.714. The minimum atomic E-state index is -1.50. The molecule has 1 atom stereocenters. The molecule has 0 spiro atoms. The van der Waals surface area contributed by atoms with Crippen LogP contribution in [0.1, 0.15) is 19.3 Å². The molecule has 0 N–H and O–H groups in total. The van der Waals surface area contributed by atoms with Gasteiger partial charge in [-0.2, -0.15) is 0 Å². The van der Waals surface area contributed by atoms with Crippen LogP contribution >= 0.6 is 0 Å². The Balaban J connectivity index is 2.82. The first kappa shape index (κ1) is 8.92. The Morgan fingerprint density at radius 1 is 1.56 bits per heavy atom. The summed E-state index contributed by atoms with van der Waals surface area (Å²) in [6.45, 7) is 5.47. The third kappa shape index (κ3) is 7.92. The largest absolute Gasteiger partial charge is 0.302 e. The summed E-state index contributed by atoms with van der Waals surface area (Å²) in [6.07, 6.45) is 5.25. The Labute approximate surface area is 59.1 Å². The van der Waals surface area contributed by atoms with Crippen molar-refractivity contribution in [3.63, 3.8) is 0 Å². The van der Waals surface area contributed by atoms with Gasteiger partial charge in [0.25, 0.3) is 0 Å². The maximum absolute atomic E-state index is 10.6. The number of allylic oxidation sites excluding steroid dienone is 1. The Kier molecular flexibility index (Phi) is 5.99. The van der Waals surface area contributed by atoms with Gasteiger partial charge in [-0.1, -0.05) is 18.9 Å². The van der Waals surface area contributed by atoms with Crippen LogP contribution in [0.4, 0.5) is 0 Å². The zero-order valence-electron chi connectivity index (χ0n) is 6.10.